The van der Waals surface area contributed by atoms with Gasteiger partial charge < -0.3 is 5.11 Å². The minimum absolute atomic E-state index is 0.346. The molecule has 0 unspecified atom stereocenters. The largest absolute Gasteiger partial charge is 0.478 e. The summed E-state index contributed by atoms with van der Waals surface area (Å²) in [5, 5.41) is 13.5. The Bertz CT molecular complexity index is 588. The van der Waals surface area contributed by atoms with Crippen molar-refractivity contribution < 1.29 is 9.90 Å². The number of aryl methyl sites for hydroxylation is 1. The predicted molar refractivity (Wildman–Crippen MR) is 74.3 cm³/mol. The number of nitrogens with zero attached hydrogens (tertiary/aromatic N) is 2. The van der Waals surface area contributed by atoms with Crippen molar-refractivity contribution in [3.8, 4) is 11.1 Å². The van der Waals surface area contributed by atoms with Gasteiger partial charge in [0.2, 0.25) is 0 Å². The van der Waals surface area contributed by atoms with Gasteiger partial charge in [0.1, 0.15) is 0 Å². The van der Waals surface area contributed by atoms with Gasteiger partial charge in [-0.2, -0.15) is 5.10 Å². The third-order valence-electron chi connectivity index (χ3n) is 3.25. The molecule has 0 atom stereocenters. The molecule has 1 N–H and O–H groups in total. The fraction of sp³-hybridized carbons (Fsp3) is 0.333. The quantitative estimate of drug-likeness (QED) is 0.894. The van der Waals surface area contributed by atoms with Gasteiger partial charge in [-0.05, 0) is 30.5 Å². The van der Waals surface area contributed by atoms with E-state index in [4.69, 9.17) is 5.11 Å². The standard InChI is InChI=1S/C15H18N2O2/c1-3-4-8-17-10-12(9-16-17)13-6-5-7-14(11(13)2)15(18)19/h5-7,9-10H,3-4,8H2,1-2H3,(H,18,19). The highest BCUT2D eigenvalue weighted by atomic mass is 16.4. The summed E-state index contributed by atoms with van der Waals surface area (Å²) in [5.41, 5.74) is 3.03. The maximum Gasteiger partial charge on any atom is 0.335 e. The first kappa shape index (κ1) is 13.3. The molecule has 4 nitrogen and oxygen atoms in total. The first-order valence-corrected chi connectivity index (χ1v) is 6.49. The summed E-state index contributed by atoms with van der Waals surface area (Å²) in [4.78, 5) is 11.1. The van der Waals surface area contributed by atoms with E-state index in [1.807, 2.05) is 23.9 Å². The Labute approximate surface area is 112 Å². The first-order valence-electron chi connectivity index (χ1n) is 6.49. The molecule has 1 heterocycles. The van der Waals surface area contributed by atoms with Crippen LogP contribution in [0.5, 0.6) is 0 Å². The molecule has 0 radical (unpaired) electrons. The molecule has 1 aromatic heterocycles. The molecule has 0 aliphatic rings. The lowest BCUT2D eigenvalue weighted by molar-refractivity contribution is 0.0696. The second-order valence-electron chi connectivity index (χ2n) is 4.63. The second-order valence-corrected chi connectivity index (χ2v) is 4.63. The number of aromatic nitrogens is 2. The van der Waals surface area contributed by atoms with Gasteiger partial charge in [0, 0.05) is 18.3 Å². The van der Waals surface area contributed by atoms with E-state index in [1.54, 1.807) is 18.3 Å². The number of carboxylic acid groups (broad SMARTS) is 1. The average Bonchev–Trinajstić information content (AvgIpc) is 2.84. The van der Waals surface area contributed by atoms with Crippen LogP contribution in [0, 0.1) is 6.92 Å². The summed E-state index contributed by atoms with van der Waals surface area (Å²) in [6.07, 6.45) is 5.99. The van der Waals surface area contributed by atoms with Gasteiger partial charge >= 0.3 is 5.97 Å². The Morgan fingerprint density at radius 1 is 1.42 bits per heavy atom. The molecule has 0 saturated heterocycles. The van der Waals surface area contributed by atoms with Crippen molar-refractivity contribution >= 4 is 5.97 Å². The Balaban J connectivity index is 2.34. The van der Waals surface area contributed by atoms with Crippen LogP contribution in [0.15, 0.2) is 30.6 Å². The van der Waals surface area contributed by atoms with Crippen molar-refractivity contribution in [2.24, 2.45) is 0 Å². The summed E-state index contributed by atoms with van der Waals surface area (Å²) in [6.45, 7) is 4.88. The molecule has 2 aromatic rings. The third kappa shape index (κ3) is 2.84. The first-order chi connectivity index (χ1) is 9.13. The van der Waals surface area contributed by atoms with E-state index < -0.39 is 5.97 Å². The molecule has 4 heteroatoms. The SMILES string of the molecule is CCCCn1cc(-c2cccc(C(=O)O)c2C)cn1. The number of benzene rings is 1. The Kier molecular flexibility index (Phi) is 4.00. The van der Waals surface area contributed by atoms with Crippen LogP contribution in [0.1, 0.15) is 35.7 Å². The fourth-order valence-corrected chi connectivity index (χ4v) is 2.13. The number of aromatic carboxylic acids is 1. The lowest BCUT2D eigenvalue weighted by Crippen LogP contribution is -2.00. The molecule has 100 valence electrons. The molecular weight excluding hydrogens is 240 g/mol. The fourth-order valence-electron chi connectivity index (χ4n) is 2.13. The number of carbonyl (C=O) groups is 1. The van der Waals surface area contributed by atoms with Crippen molar-refractivity contribution in [3.63, 3.8) is 0 Å². The lowest BCUT2D eigenvalue weighted by atomic mass is 9.99. The number of unbranched alkanes of at least 4 members (excludes halogenated alkanes) is 1. The monoisotopic (exact) mass is 258 g/mol. The molecule has 2 rings (SSSR count). The molecule has 0 fully saturated rings. The lowest BCUT2D eigenvalue weighted by Gasteiger charge is -2.06. The van der Waals surface area contributed by atoms with Crippen LogP contribution >= 0.6 is 0 Å². The topological polar surface area (TPSA) is 55.1 Å². The molecule has 0 aliphatic heterocycles. The van der Waals surface area contributed by atoms with Gasteiger partial charge in [-0.1, -0.05) is 25.5 Å². The van der Waals surface area contributed by atoms with Gasteiger partial charge in [-0.15, -0.1) is 0 Å². The molecular formula is C15H18N2O2. The molecule has 0 aliphatic carbocycles. The summed E-state index contributed by atoms with van der Waals surface area (Å²) in [6, 6.07) is 5.33. The van der Waals surface area contributed by atoms with Gasteiger partial charge in [-0.3, -0.25) is 4.68 Å². The highest BCUT2D eigenvalue weighted by molar-refractivity contribution is 5.91. The molecule has 19 heavy (non-hydrogen) atoms. The van der Waals surface area contributed by atoms with Crippen LogP contribution in [-0.4, -0.2) is 20.9 Å². The number of rotatable bonds is 5. The minimum Gasteiger partial charge on any atom is -0.478 e. The van der Waals surface area contributed by atoms with Crippen molar-refractivity contribution in [2.45, 2.75) is 33.2 Å². The maximum atomic E-state index is 11.1. The molecule has 0 amide bonds. The van der Waals surface area contributed by atoms with Crippen LogP contribution in [0.4, 0.5) is 0 Å². The molecule has 0 bridgehead atoms. The Morgan fingerprint density at radius 3 is 2.89 bits per heavy atom. The van der Waals surface area contributed by atoms with Crippen molar-refractivity contribution in [2.75, 3.05) is 0 Å². The van der Waals surface area contributed by atoms with E-state index >= 15 is 0 Å². The summed E-state index contributed by atoms with van der Waals surface area (Å²) < 4.78 is 1.91. The highest BCUT2D eigenvalue weighted by Gasteiger charge is 2.12. The summed E-state index contributed by atoms with van der Waals surface area (Å²) in [7, 11) is 0. The van der Waals surface area contributed by atoms with E-state index in [9.17, 15) is 4.79 Å². The van der Waals surface area contributed by atoms with E-state index in [1.165, 1.54) is 0 Å². The molecule has 0 spiro atoms. The van der Waals surface area contributed by atoms with E-state index in [0.717, 1.165) is 36.1 Å². The van der Waals surface area contributed by atoms with E-state index in [0.29, 0.717) is 5.56 Å². The molecule has 1 aromatic carbocycles. The van der Waals surface area contributed by atoms with E-state index in [2.05, 4.69) is 12.0 Å². The maximum absolute atomic E-state index is 11.1. The minimum atomic E-state index is -0.891. The average molecular weight is 258 g/mol. The number of carboxylic acids is 1. The Hall–Kier alpha value is -2.10. The Morgan fingerprint density at radius 2 is 2.21 bits per heavy atom. The van der Waals surface area contributed by atoms with Crippen molar-refractivity contribution in [1.82, 2.24) is 9.78 Å². The van der Waals surface area contributed by atoms with Gasteiger partial charge in [0.05, 0.1) is 11.8 Å². The van der Waals surface area contributed by atoms with Crippen LogP contribution < -0.4 is 0 Å². The van der Waals surface area contributed by atoms with Crippen LogP contribution in [0.25, 0.3) is 11.1 Å². The third-order valence-corrected chi connectivity index (χ3v) is 3.25. The van der Waals surface area contributed by atoms with E-state index in [-0.39, 0.29) is 0 Å². The predicted octanol–water partition coefficient (Wildman–Crippen LogP) is 3.36. The number of hydrogen-bond donors (Lipinski definition) is 1. The van der Waals surface area contributed by atoms with Crippen LogP contribution in [0.3, 0.4) is 0 Å². The smallest absolute Gasteiger partial charge is 0.335 e. The van der Waals surface area contributed by atoms with Gasteiger partial charge in [0.15, 0.2) is 0 Å². The summed E-state index contributed by atoms with van der Waals surface area (Å²) in [5.74, 6) is -0.891. The van der Waals surface area contributed by atoms with Crippen LogP contribution in [-0.2, 0) is 6.54 Å². The molecule has 0 saturated carbocycles. The highest BCUT2D eigenvalue weighted by Crippen LogP contribution is 2.25. The van der Waals surface area contributed by atoms with Crippen molar-refractivity contribution in [3.05, 3.63) is 41.7 Å². The summed E-state index contributed by atoms with van der Waals surface area (Å²) >= 11 is 0. The van der Waals surface area contributed by atoms with Crippen molar-refractivity contribution in [1.29, 1.82) is 0 Å². The zero-order chi connectivity index (χ0) is 13.8. The van der Waals surface area contributed by atoms with Crippen LogP contribution in [0.2, 0.25) is 0 Å². The van der Waals surface area contributed by atoms with Gasteiger partial charge in [-0.25, -0.2) is 4.79 Å². The normalized spacial score (nSPS) is 10.6. The van der Waals surface area contributed by atoms with Gasteiger partial charge in [0.25, 0.3) is 0 Å². The zero-order valence-electron chi connectivity index (χ0n) is 11.3. The second kappa shape index (κ2) is 5.69. The zero-order valence-corrected chi connectivity index (χ0v) is 11.3. The number of hydrogen-bond acceptors (Lipinski definition) is 2.